The van der Waals surface area contributed by atoms with E-state index in [4.69, 9.17) is 4.52 Å². The molecular weight excluding hydrogens is 299 g/mol. The largest absolute Gasteiger partial charge is 0.339 e. The number of amides is 2. The molecule has 0 bridgehead atoms. The van der Waals surface area contributed by atoms with Gasteiger partial charge in [-0.2, -0.15) is 4.98 Å². The molecule has 0 radical (unpaired) electrons. The molecule has 1 aromatic carbocycles. The van der Waals surface area contributed by atoms with E-state index in [1.165, 1.54) is 12.1 Å². The average molecular weight is 318 g/mol. The SMILES string of the molecule is CCc1nc([C@H]2CCCN(C(=O)Nc3cccc(F)c3)C2)no1. The Labute approximate surface area is 133 Å². The number of aryl methyl sites for hydroxylation is 1. The van der Waals surface area contributed by atoms with Crippen LogP contribution < -0.4 is 5.32 Å². The minimum atomic E-state index is -0.377. The molecule has 1 aliphatic rings. The summed E-state index contributed by atoms with van der Waals surface area (Å²) in [7, 11) is 0. The van der Waals surface area contributed by atoms with Crippen molar-refractivity contribution in [3.63, 3.8) is 0 Å². The van der Waals surface area contributed by atoms with E-state index < -0.39 is 0 Å². The van der Waals surface area contributed by atoms with Gasteiger partial charge in [-0.05, 0) is 31.0 Å². The van der Waals surface area contributed by atoms with E-state index in [-0.39, 0.29) is 17.8 Å². The number of piperidine rings is 1. The number of hydrogen-bond donors (Lipinski definition) is 1. The molecule has 122 valence electrons. The number of nitrogens with one attached hydrogen (secondary N) is 1. The maximum atomic E-state index is 13.2. The van der Waals surface area contributed by atoms with Gasteiger partial charge in [0.05, 0.1) is 0 Å². The highest BCUT2D eigenvalue weighted by molar-refractivity contribution is 5.89. The lowest BCUT2D eigenvalue weighted by Crippen LogP contribution is -2.41. The highest BCUT2D eigenvalue weighted by Crippen LogP contribution is 2.25. The Kier molecular flexibility index (Phi) is 4.55. The van der Waals surface area contributed by atoms with Gasteiger partial charge in [0, 0.05) is 31.1 Å². The first-order valence-corrected chi connectivity index (χ1v) is 7.79. The third kappa shape index (κ3) is 3.67. The van der Waals surface area contributed by atoms with Crippen LogP contribution in [-0.2, 0) is 6.42 Å². The summed E-state index contributed by atoms with van der Waals surface area (Å²) in [5.74, 6) is 0.968. The molecule has 1 atom stereocenters. The summed E-state index contributed by atoms with van der Waals surface area (Å²) in [6.07, 6.45) is 2.49. The third-order valence-electron chi connectivity index (χ3n) is 3.94. The second-order valence-corrected chi connectivity index (χ2v) is 5.63. The monoisotopic (exact) mass is 318 g/mol. The third-order valence-corrected chi connectivity index (χ3v) is 3.94. The fourth-order valence-corrected chi connectivity index (χ4v) is 2.72. The number of carbonyl (C=O) groups is 1. The van der Waals surface area contributed by atoms with E-state index in [9.17, 15) is 9.18 Å². The molecule has 0 unspecified atom stereocenters. The number of urea groups is 1. The fraction of sp³-hybridized carbons (Fsp3) is 0.438. The van der Waals surface area contributed by atoms with Gasteiger partial charge < -0.3 is 14.7 Å². The Morgan fingerprint density at radius 3 is 3.13 bits per heavy atom. The van der Waals surface area contributed by atoms with Crippen molar-refractivity contribution >= 4 is 11.7 Å². The molecule has 2 aromatic rings. The van der Waals surface area contributed by atoms with Crippen LogP contribution in [0, 0.1) is 5.82 Å². The van der Waals surface area contributed by atoms with Gasteiger partial charge in [-0.15, -0.1) is 0 Å². The smallest absolute Gasteiger partial charge is 0.321 e. The molecule has 0 spiro atoms. The molecule has 23 heavy (non-hydrogen) atoms. The number of anilines is 1. The maximum Gasteiger partial charge on any atom is 0.321 e. The molecule has 1 N–H and O–H groups in total. The van der Waals surface area contributed by atoms with Crippen molar-refractivity contribution in [1.29, 1.82) is 0 Å². The molecule has 3 rings (SSSR count). The van der Waals surface area contributed by atoms with Crippen molar-refractivity contribution in [2.24, 2.45) is 0 Å². The highest BCUT2D eigenvalue weighted by Gasteiger charge is 2.28. The number of halogens is 1. The standard InChI is InChI=1S/C16H19FN4O2/c1-2-14-19-15(20-23-14)11-5-4-8-21(10-11)16(22)18-13-7-3-6-12(17)9-13/h3,6-7,9,11H,2,4-5,8,10H2,1H3,(H,18,22)/t11-/m0/s1. The Hall–Kier alpha value is -2.44. The van der Waals surface area contributed by atoms with Crippen molar-refractivity contribution < 1.29 is 13.7 Å². The molecular formula is C16H19FN4O2. The van der Waals surface area contributed by atoms with E-state index >= 15 is 0 Å². The normalized spacial score (nSPS) is 18.0. The number of hydrogen-bond acceptors (Lipinski definition) is 4. The summed E-state index contributed by atoms with van der Waals surface area (Å²) < 4.78 is 18.3. The Bertz CT molecular complexity index is 688. The van der Waals surface area contributed by atoms with Gasteiger partial charge in [-0.1, -0.05) is 18.1 Å². The second kappa shape index (κ2) is 6.76. The molecule has 1 aromatic heterocycles. The molecule has 0 saturated carbocycles. The molecule has 1 aliphatic heterocycles. The second-order valence-electron chi connectivity index (χ2n) is 5.63. The average Bonchev–Trinajstić information content (AvgIpc) is 3.04. The van der Waals surface area contributed by atoms with Crippen LogP contribution in [0.2, 0.25) is 0 Å². The predicted molar refractivity (Wildman–Crippen MR) is 82.6 cm³/mol. The first-order valence-electron chi connectivity index (χ1n) is 7.79. The van der Waals surface area contributed by atoms with Crippen molar-refractivity contribution in [1.82, 2.24) is 15.0 Å². The summed E-state index contributed by atoms with van der Waals surface area (Å²) in [6, 6.07) is 5.63. The quantitative estimate of drug-likeness (QED) is 0.943. The van der Waals surface area contributed by atoms with E-state index in [0.717, 1.165) is 12.8 Å². The first-order chi connectivity index (χ1) is 11.2. The summed E-state index contributed by atoms with van der Waals surface area (Å²) in [4.78, 5) is 18.4. The summed E-state index contributed by atoms with van der Waals surface area (Å²) in [6.45, 7) is 3.15. The number of likely N-dealkylation sites (tertiary alicyclic amines) is 1. The number of nitrogens with zero attached hydrogens (tertiary/aromatic N) is 3. The van der Waals surface area contributed by atoms with Crippen LogP contribution in [0.15, 0.2) is 28.8 Å². The first kappa shape index (κ1) is 15.5. The van der Waals surface area contributed by atoms with Crippen LogP contribution in [0.3, 0.4) is 0 Å². The summed E-state index contributed by atoms with van der Waals surface area (Å²) >= 11 is 0. The van der Waals surface area contributed by atoms with Crippen molar-refractivity contribution in [3.05, 3.63) is 41.8 Å². The van der Waals surface area contributed by atoms with Crippen molar-refractivity contribution in [3.8, 4) is 0 Å². The van der Waals surface area contributed by atoms with Crippen LogP contribution >= 0.6 is 0 Å². The molecule has 7 heteroatoms. The lowest BCUT2D eigenvalue weighted by atomic mass is 9.97. The minimum Gasteiger partial charge on any atom is -0.339 e. The summed E-state index contributed by atoms with van der Waals surface area (Å²) in [5.41, 5.74) is 0.449. The molecule has 2 heterocycles. The number of aromatic nitrogens is 2. The van der Waals surface area contributed by atoms with Crippen LogP contribution in [0.5, 0.6) is 0 Å². The molecule has 6 nitrogen and oxygen atoms in total. The van der Waals surface area contributed by atoms with Crippen molar-refractivity contribution in [2.45, 2.75) is 32.1 Å². The van der Waals surface area contributed by atoms with E-state index in [1.807, 2.05) is 6.92 Å². The van der Waals surface area contributed by atoms with Crippen LogP contribution in [0.25, 0.3) is 0 Å². The highest BCUT2D eigenvalue weighted by atomic mass is 19.1. The van der Waals surface area contributed by atoms with Gasteiger partial charge in [0.25, 0.3) is 0 Å². The number of carbonyl (C=O) groups excluding carboxylic acids is 1. The Balaban J connectivity index is 1.64. The van der Waals surface area contributed by atoms with E-state index in [1.54, 1.807) is 17.0 Å². The molecule has 1 saturated heterocycles. The lowest BCUT2D eigenvalue weighted by molar-refractivity contribution is 0.190. The van der Waals surface area contributed by atoms with Crippen LogP contribution in [0.4, 0.5) is 14.9 Å². The van der Waals surface area contributed by atoms with E-state index in [2.05, 4.69) is 15.5 Å². The molecule has 1 fully saturated rings. The summed E-state index contributed by atoms with van der Waals surface area (Å²) in [5, 5.41) is 6.73. The lowest BCUT2D eigenvalue weighted by Gasteiger charge is -2.31. The van der Waals surface area contributed by atoms with E-state index in [0.29, 0.717) is 36.9 Å². The van der Waals surface area contributed by atoms with Crippen LogP contribution in [-0.4, -0.2) is 34.2 Å². The van der Waals surface area contributed by atoms with Gasteiger partial charge in [0.15, 0.2) is 5.82 Å². The minimum absolute atomic E-state index is 0.0751. The topological polar surface area (TPSA) is 71.3 Å². The van der Waals surface area contributed by atoms with Crippen LogP contribution in [0.1, 0.15) is 37.4 Å². The Morgan fingerprint density at radius 1 is 1.52 bits per heavy atom. The number of benzene rings is 1. The van der Waals surface area contributed by atoms with Gasteiger partial charge in [-0.25, -0.2) is 9.18 Å². The predicted octanol–water partition coefficient (Wildman–Crippen LogP) is 3.18. The number of rotatable bonds is 3. The van der Waals surface area contributed by atoms with Crippen molar-refractivity contribution in [2.75, 3.05) is 18.4 Å². The van der Waals surface area contributed by atoms with Gasteiger partial charge in [-0.3, -0.25) is 0 Å². The molecule has 2 amide bonds. The van der Waals surface area contributed by atoms with Gasteiger partial charge in [0.2, 0.25) is 5.89 Å². The van der Waals surface area contributed by atoms with Gasteiger partial charge in [0.1, 0.15) is 5.82 Å². The maximum absolute atomic E-state index is 13.2. The zero-order valence-electron chi connectivity index (χ0n) is 13.0. The molecule has 0 aliphatic carbocycles. The zero-order valence-corrected chi connectivity index (χ0v) is 13.0. The Morgan fingerprint density at radius 2 is 2.39 bits per heavy atom. The fourth-order valence-electron chi connectivity index (χ4n) is 2.72. The zero-order chi connectivity index (χ0) is 16.2. The van der Waals surface area contributed by atoms with Gasteiger partial charge >= 0.3 is 6.03 Å².